The van der Waals surface area contributed by atoms with Crippen molar-refractivity contribution < 1.29 is 9.59 Å². The zero-order chi connectivity index (χ0) is 19.5. The molecule has 2 amide bonds. The molecule has 0 bridgehead atoms. The second-order valence-electron chi connectivity index (χ2n) is 6.68. The lowest BCUT2D eigenvalue weighted by Gasteiger charge is -2.14. The summed E-state index contributed by atoms with van der Waals surface area (Å²) < 4.78 is 0. The Morgan fingerprint density at radius 3 is 2.79 bits per heavy atom. The first kappa shape index (κ1) is 17.7. The van der Waals surface area contributed by atoms with Gasteiger partial charge in [0, 0.05) is 30.5 Å². The van der Waals surface area contributed by atoms with E-state index in [4.69, 9.17) is 0 Å². The quantitative estimate of drug-likeness (QED) is 0.544. The molecule has 142 valence electrons. The highest BCUT2D eigenvalue weighted by Crippen LogP contribution is 2.25. The topological polar surface area (TPSA) is 112 Å². The summed E-state index contributed by atoms with van der Waals surface area (Å²) in [6, 6.07) is 11.0. The number of nitrogens with zero attached hydrogens (tertiary/aromatic N) is 2. The van der Waals surface area contributed by atoms with Gasteiger partial charge in [0.1, 0.15) is 5.82 Å². The predicted molar refractivity (Wildman–Crippen MR) is 107 cm³/mol. The Morgan fingerprint density at radius 1 is 1.21 bits per heavy atom. The van der Waals surface area contributed by atoms with Crippen LogP contribution in [-0.4, -0.2) is 27.0 Å². The van der Waals surface area contributed by atoms with E-state index in [0.717, 1.165) is 22.2 Å². The number of anilines is 2. The van der Waals surface area contributed by atoms with E-state index in [1.54, 1.807) is 18.3 Å². The zero-order valence-corrected chi connectivity index (χ0v) is 15.3. The van der Waals surface area contributed by atoms with E-state index in [-0.39, 0.29) is 17.9 Å². The lowest BCUT2D eigenvalue weighted by atomic mass is 10.1. The molecule has 2 heterocycles. The Balaban J connectivity index is 1.43. The van der Waals surface area contributed by atoms with Crippen LogP contribution in [0, 0.1) is 0 Å². The summed E-state index contributed by atoms with van der Waals surface area (Å²) in [5.74, 6) is 1.13. The lowest BCUT2D eigenvalue weighted by Crippen LogP contribution is -2.31. The van der Waals surface area contributed by atoms with E-state index < -0.39 is 0 Å². The van der Waals surface area contributed by atoms with Crippen molar-refractivity contribution in [1.29, 1.82) is 0 Å². The van der Waals surface area contributed by atoms with Gasteiger partial charge in [-0.25, -0.2) is 9.78 Å². The number of aromatic amines is 1. The molecule has 4 rings (SSSR count). The molecule has 0 saturated carbocycles. The molecule has 1 aliphatic carbocycles. The van der Waals surface area contributed by atoms with Gasteiger partial charge >= 0.3 is 6.03 Å². The number of allylic oxidation sites excluding steroid dienone is 2. The fourth-order valence-electron chi connectivity index (χ4n) is 3.10. The molecular weight excluding hydrogens is 356 g/mol. The monoisotopic (exact) mass is 376 g/mol. The molecule has 28 heavy (non-hydrogen) atoms. The first-order valence-electron chi connectivity index (χ1n) is 9.05. The third kappa shape index (κ3) is 3.85. The number of H-pyrrole nitrogens is 1. The van der Waals surface area contributed by atoms with E-state index in [2.05, 4.69) is 31.1 Å². The summed E-state index contributed by atoms with van der Waals surface area (Å²) in [5.41, 5.74) is 2.59. The van der Waals surface area contributed by atoms with Crippen molar-refractivity contribution in [3.63, 3.8) is 0 Å². The second-order valence-corrected chi connectivity index (χ2v) is 6.68. The molecule has 0 fully saturated rings. The standard InChI is InChI=1S/C20H20N6O2/c1-12(13-5-3-2-4-6-13)22-20(28)24-18-10-17-16(11-21-18)19(26-25-17)23-14-7-8-15(27)9-14/h2-6,9-12H,7-8H2,1H3,(H2,23,25,26)(H2,21,22,24,28)/t12-/m1/s1. The molecule has 1 aliphatic rings. The molecule has 4 N–H and O–H groups in total. The van der Waals surface area contributed by atoms with Crippen molar-refractivity contribution in [2.45, 2.75) is 25.8 Å². The molecule has 0 aliphatic heterocycles. The van der Waals surface area contributed by atoms with Crippen LogP contribution in [0.15, 0.2) is 54.4 Å². The number of benzene rings is 1. The van der Waals surface area contributed by atoms with E-state index in [0.29, 0.717) is 24.5 Å². The summed E-state index contributed by atoms with van der Waals surface area (Å²) in [6.07, 6.45) is 4.43. The van der Waals surface area contributed by atoms with Crippen LogP contribution >= 0.6 is 0 Å². The molecule has 0 saturated heterocycles. The molecule has 1 aromatic carbocycles. The first-order valence-corrected chi connectivity index (χ1v) is 9.05. The van der Waals surface area contributed by atoms with Gasteiger partial charge in [0.25, 0.3) is 0 Å². The summed E-state index contributed by atoms with van der Waals surface area (Å²) in [7, 11) is 0. The van der Waals surface area contributed by atoms with Gasteiger partial charge in [-0.05, 0) is 18.9 Å². The maximum absolute atomic E-state index is 12.3. The number of nitrogens with one attached hydrogen (secondary N) is 4. The van der Waals surface area contributed by atoms with Crippen LogP contribution in [0.2, 0.25) is 0 Å². The number of hydrogen-bond donors (Lipinski definition) is 4. The predicted octanol–water partition coefficient (Wildman–Crippen LogP) is 3.50. The summed E-state index contributed by atoms with van der Waals surface area (Å²) in [4.78, 5) is 27.9. The van der Waals surface area contributed by atoms with Crippen LogP contribution in [0.1, 0.15) is 31.4 Å². The maximum atomic E-state index is 12.3. The minimum absolute atomic E-state index is 0.114. The number of amides is 2. The van der Waals surface area contributed by atoms with Crippen LogP contribution < -0.4 is 16.0 Å². The van der Waals surface area contributed by atoms with Crippen molar-refractivity contribution in [3.8, 4) is 0 Å². The molecule has 8 nitrogen and oxygen atoms in total. The van der Waals surface area contributed by atoms with Gasteiger partial charge in [0.05, 0.1) is 16.9 Å². The van der Waals surface area contributed by atoms with Crippen molar-refractivity contribution >= 4 is 34.4 Å². The first-order chi connectivity index (χ1) is 13.6. The van der Waals surface area contributed by atoms with E-state index in [9.17, 15) is 9.59 Å². The number of pyridine rings is 1. The lowest BCUT2D eigenvalue weighted by molar-refractivity contribution is -0.114. The Labute approximate surface area is 161 Å². The molecule has 0 radical (unpaired) electrons. The SMILES string of the molecule is C[C@@H](NC(=O)Nc1cc2[nH]nc(NC3=CC(=O)CC3)c2cn1)c1ccccc1. The molecule has 0 unspecified atom stereocenters. The van der Waals surface area contributed by atoms with Crippen molar-refractivity contribution in [2.24, 2.45) is 0 Å². The number of carbonyl (C=O) groups is 2. The highest BCUT2D eigenvalue weighted by atomic mass is 16.2. The molecule has 8 heteroatoms. The van der Waals surface area contributed by atoms with E-state index >= 15 is 0 Å². The minimum Gasteiger partial charge on any atom is -0.342 e. The highest BCUT2D eigenvalue weighted by molar-refractivity contribution is 5.96. The molecule has 3 aromatic rings. The Bertz CT molecular complexity index is 1060. The summed E-state index contributed by atoms with van der Waals surface area (Å²) in [5, 5.41) is 16.7. The van der Waals surface area contributed by atoms with Crippen molar-refractivity contribution in [3.05, 3.63) is 59.9 Å². The van der Waals surface area contributed by atoms with Gasteiger partial charge in [-0.1, -0.05) is 30.3 Å². The fourth-order valence-corrected chi connectivity index (χ4v) is 3.10. The van der Waals surface area contributed by atoms with Crippen LogP contribution in [-0.2, 0) is 4.79 Å². The van der Waals surface area contributed by atoms with Gasteiger partial charge in [-0.15, -0.1) is 0 Å². The van der Waals surface area contributed by atoms with Gasteiger partial charge in [-0.2, -0.15) is 5.10 Å². The Hall–Kier alpha value is -3.68. The number of fused-ring (bicyclic) bond motifs is 1. The number of hydrogen-bond acceptors (Lipinski definition) is 5. The number of urea groups is 1. The largest absolute Gasteiger partial charge is 0.342 e. The molecule has 2 aromatic heterocycles. The average molecular weight is 376 g/mol. The molecule has 0 spiro atoms. The third-order valence-corrected chi connectivity index (χ3v) is 4.59. The normalized spacial score (nSPS) is 14.6. The number of ketones is 1. The van der Waals surface area contributed by atoms with Crippen LogP contribution in [0.4, 0.5) is 16.4 Å². The molecular formula is C20H20N6O2. The van der Waals surface area contributed by atoms with Crippen LogP contribution in [0.5, 0.6) is 0 Å². The molecule has 1 atom stereocenters. The number of rotatable bonds is 5. The van der Waals surface area contributed by atoms with Crippen molar-refractivity contribution in [1.82, 2.24) is 20.5 Å². The summed E-state index contributed by atoms with van der Waals surface area (Å²) >= 11 is 0. The summed E-state index contributed by atoms with van der Waals surface area (Å²) in [6.45, 7) is 1.92. The third-order valence-electron chi connectivity index (χ3n) is 4.59. The second kappa shape index (κ2) is 7.51. The zero-order valence-electron chi connectivity index (χ0n) is 15.3. The van der Waals surface area contributed by atoms with Gasteiger partial charge in [0.15, 0.2) is 11.6 Å². The smallest absolute Gasteiger partial charge is 0.320 e. The van der Waals surface area contributed by atoms with Gasteiger partial charge in [0.2, 0.25) is 0 Å². The van der Waals surface area contributed by atoms with E-state index in [1.165, 1.54) is 0 Å². The minimum atomic E-state index is -0.337. The van der Waals surface area contributed by atoms with Gasteiger partial charge in [-0.3, -0.25) is 15.2 Å². The number of aromatic nitrogens is 3. The van der Waals surface area contributed by atoms with Crippen molar-refractivity contribution in [2.75, 3.05) is 10.6 Å². The Morgan fingerprint density at radius 2 is 2.04 bits per heavy atom. The Kier molecular flexibility index (Phi) is 4.76. The van der Waals surface area contributed by atoms with Crippen LogP contribution in [0.3, 0.4) is 0 Å². The fraction of sp³-hybridized carbons (Fsp3) is 0.200. The number of carbonyl (C=O) groups excluding carboxylic acids is 2. The highest BCUT2D eigenvalue weighted by Gasteiger charge is 2.15. The maximum Gasteiger partial charge on any atom is 0.320 e. The average Bonchev–Trinajstić information content (AvgIpc) is 3.28. The van der Waals surface area contributed by atoms with E-state index in [1.807, 2.05) is 37.3 Å². The van der Waals surface area contributed by atoms with Gasteiger partial charge < -0.3 is 10.6 Å². The van der Waals surface area contributed by atoms with Crippen LogP contribution in [0.25, 0.3) is 10.9 Å².